The zero-order valence-corrected chi connectivity index (χ0v) is 11.5. The molecule has 0 saturated carbocycles. The molecule has 0 bridgehead atoms. The molecular weight excluding hydrogens is 306 g/mol. The molecule has 0 radical (unpaired) electrons. The second-order valence-electron chi connectivity index (χ2n) is 3.56. The summed E-state index contributed by atoms with van der Waals surface area (Å²) in [5, 5.41) is 0.557. The Labute approximate surface area is 108 Å². The predicted molar refractivity (Wildman–Crippen MR) is 67.7 cm³/mol. The molecule has 0 atom stereocenters. The summed E-state index contributed by atoms with van der Waals surface area (Å²) in [5.41, 5.74) is 1.45. The summed E-state index contributed by atoms with van der Waals surface area (Å²) in [6.07, 6.45) is 2.52. The van der Waals surface area contributed by atoms with Crippen molar-refractivity contribution in [3.05, 3.63) is 36.4 Å². The first-order valence-electron chi connectivity index (χ1n) is 4.81. The molecule has 0 aliphatic heterocycles. The van der Waals surface area contributed by atoms with E-state index in [9.17, 15) is 8.42 Å². The second kappa shape index (κ2) is 4.62. The van der Waals surface area contributed by atoms with Gasteiger partial charge in [0.25, 0.3) is 0 Å². The van der Waals surface area contributed by atoms with Crippen molar-refractivity contribution in [2.24, 2.45) is 0 Å². The molecular formula is C11H10BrNO3S. The van der Waals surface area contributed by atoms with Gasteiger partial charge in [0.05, 0.1) is 10.6 Å². The Balaban J connectivity index is 2.55. The first-order valence-corrected chi connectivity index (χ1v) is 7.82. The molecule has 1 aromatic carbocycles. The summed E-state index contributed by atoms with van der Waals surface area (Å²) in [6, 6.07) is 6.62. The SMILES string of the molecule is CS(=O)(=O)c1cccc(-c2ocnc2CBr)c1. The van der Waals surface area contributed by atoms with Crippen molar-refractivity contribution in [1.29, 1.82) is 0 Å². The van der Waals surface area contributed by atoms with Gasteiger partial charge in [-0.25, -0.2) is 13.4 Å². The highest BCUT2D eigenvalue weighted by Gasteiger charge is 2.13. The third-order valence-electron chi connectivity index (χ3n) is 2.29. The second-order valence-corrected chi connectivity index (χ2v) is 6.14. The van der Waals surface area contributed by atoms with Crippen LogP contribution >= 0.6 is 15.9 Å². The van der Waals surface area contributed by atoms with Gasteiger partial charge in [-0.15, -0.1) is 0 Å². The van der Waals surface area contributed by atoms with Crippen LogP contribution in [0.2, 0.25) is 0 Å². The van der Waals surface area contributed by atoms with Crippen LogP contribution in [0.1, 0.15) is 5.69 Å². The maximum atomic E-state index is 11.5. The van der Waals surface area contributed by atoms with E-state index in [1.165, 1.54) is 12.6 Å². The lowest BCUT2D eigenvalue weighted by Crippen LogP contribution is -1.96. The van der Waals surface area contributed by atoms with Crippen LogP contribution in [-0.4, -0.2) is 19.7 Å². The third-order valence-corrected chi connectivity index (χ3v) is 3.93. The van der Waals surface area contributed by atoms with E-state index < -0.39 is 9.84 Å². The molecule has 1 aromatic heterocycles. The fraction of sp³-hybridized carbons (Fsp3) is 0.182. The fourth-order valence-electron chi connectivity index (χ4n) is 1.47. The van der Waals surface area contributed by atoms with E-state index in [1.807, 2.05) is 0 Å². The molecule has 0 spiro atoms. The van der Waals surface area contributed by atoms with E-state index in [-0.39, 0.29) is 4.90 Å². The quantitative estimate of drug-likeness (QED) is 0.817. The first kappa shape index (κ1) is 12.3. The van der Waals surface area contributed by atoms with Crippen LogP contribution in [0.3, 0.4) is 0 Å². The predicted octanol–water partition coefficient (Wildman–Crippen LogP) is 2.64. The van der Waals surface area contributed by atoms with Gasteiger partial charge < -0.3 is 4.42 Å². The molecule has 90 valence electrons. The number of halogens is 1. The van der Waals surface area contributed by atoms with Gasteiger partial charge in [0, 0.05) is 17.1 Å². The van der Waals surface area contributed by atoms with Crippen molar-refractivity contribution in [3.63, 3.8) is 0 Å². The average molecular weight is 316 g/mol. The summed E-state index contributed by atoms with van der Waals surface area (Å²) in [6.45, 7) is 0. The summed E-state index contributed by atoms with van der Waals surface area (Å²) in [7, 11) is -3.21. The van der Waals surface area contributed by atoms with Gasteiger partial charge in [0.15, 0.2) is 22.0 Å². The molecule has 0 fully saturated rings. The number of sulfone groups is 1. The fourth-order valence-corrected chi connectivity index (χ4v) is 2.53. The Morgan fingerprint density at radius 3 is 2.82 bits per heavy atom. The Bertz CT molecular complexity index is 634. The average Bonchev–Trinajstić information content (AvgIpc) is 2.76. The number of nitrogens with zero attached hydrogens (tertiary/aromatic N) is 1. The topological polar surface area (TPSA) is 60.2 Å². The van der Waals surface area contributed by atoms with E-state index in [0.29, 0.717) is 16.7 Å². The lowest BCUT2D eigenvalue weighted by Gasteiger charge is -2.02. The molecule has 0 aliphatic rings. The number of rotatable bonds is 3. The van der Waals surface area contributed by atoms with Crippen molar-refractivity contribution in [2.75, 3.05) is 6.26 Å². The van der Waals surface area contributed by atoms with Crippen LogP contribution in [0.15, 0.2) is 40.0 Å². The number of hydrogen-bond donors (Lipinski definition) is 0. The summed E-state index contributed by atoms with van der Waals surface area (Å²) in [5.74, 6) is 0.590. The minimum Gasteiger partial charge on any atom is -0.443 e. The minimum atomic E-state index is -3.21. The molecule has 0 N–H and O–H groups in total. The molecule has 1 heterocycles. The molecule has 2 rings (SSSR count). The number of hydrogen-bond acceptors (Lipinski definition) is 4. The van der Waals surface area contributed by atoms with Crippen LogP contribution < -0.4 is 0 Å². The molecule has 0 saturated heterocycles. The van der Waals surface area contributed by atoms with Crippen LogP contribution in [0, 0.1) is 0 Å². The van der Waals surface area contributed by atoms with Gasteiger partial charge in [0.2, 0.25) is 0 Å². The first-order chi connectivity index (χ1) is 8.02. The molecule has 2 aromatic rings. The largest absolute Gasteiger partial charge is 0.443 e. The highest BCUT2D eigenvalue weighted by molar-refractivity contribution is 9.08. The summed E-state index contributed by atoms with van der Waals surface area (Å²) in [4.78, 5) is 4.31. The number of benzene rings is 1. The van der Waals surface area contributed by atoms with Gasteiger partial charge in [-0.2, -0.15) is 0 Å². The summed E-state index contributed by atoms with van der Waals surface area (Å²) >= 11 is 3.30. The maximum absolute atomic E-state index is 11.5. The van der Waals surface area contributed by atoms with Crippen molar-refractivity contribution >= 4 is 25.8 Å². The third kappa shape index (κ3) is 2.58. The van der Waals surface area contributed by atoms with Crippen LogP contribution in [0.5, 0.6) is 0 Å². The number of aromatic nitrogens is 1. The van der Waals surface area contributed by atoms with Gasteiger partial charge in [0.1, 0.15) is 0 Å². The van der Waals surface area contributed by atoms with E-state index in [4.69, 9.17) is 4.42 Å². The standard InChI is InChI=1S/C11H10BrNO3S/c1-17(14,15)9-4-2-3-8(5-9)11-10(6-12)13-7-16-11/h2-5,7H,6H2,1H3. The molecule has 6 heteroatoms. The molecule has 17 heavy (non-hydrogen) atoms. The van der Waals surface area contributed by atoms with Gasteiger partial charge in [-0.05, 0) is 12.1 Å². The van der Waals surface area contributed by atoms with Gasteiger partial charge >= 0.3 is 0 Å². The van der Waals surface area contributed by atoms with E-state index >= 15 is 0 Å². The van der Waals surface area contributed by atoms with Crippen LogP contribution in [0.25, 0.3) is 11.3 Å². The van der Waals surface area contributed by atoms with E-state index in [1.54, 1.807) is 24.3 Å². The minimum absolute atomic E-state index is 0.270. The summed E-state index contributed by atoms with van der Waals surface area (Å²) < 4.78 is 28.2. The van der Waals surface area contributed by atoms with E-state index in [2.05, 4.69) is 20.9 Å². The molecule has 4 nitrogen and oxygen atoms in total. The van der Waals surface area contributed by atoms with E-state index in [0.717, 1.165) is 5.69 Å². The van der Waals surface area contributed by atoms with Crippen molar-refractivity contribution in [2.45, 2.75) is 10.2 Å². The normalized spacial score (nSPS) is 11.6. The van der Waals surface area contributed by atoms with Gasteiger partial charge in [-0.1, -0.05) is 28.1 Å². The highest BCUT2D eigenvalue weighted by Crippen LogP contribution is 2.26. The van der Waals surface area contributed by atoms with Crippen molar-refractivity contribution in [1.82, 2.24) is 4.98 Å². The van der Waals surface area contributed by atoms with Crippen molar-refractivity contribution < 1.29 is 12.8 Å². The Morgan fingerprint density at radius 2 is 2.18 bits per heavy atom. The molecule has 0 amide bonds. The lowest BCUT2D eigenvalue weighted by atomic mass is 10.1. The lowest BCUT2D eigenvalue weighted by molar-refractivity contribution is 0.571. The van der Waals surface area contributed by atoms with Crippen LogP contribution in [-0.2, 0) is 15.2 Å². The zero-order chi connectivity index (χ0) is 12.5. The number of alkyl halides is 1. The van der Waals surface area contributed by atoms with Gasteiger partial charge in [-0.3, -0.25) is 0 Å². The maximum Gasteiger partial charge on any atom is 0.181 e. The zero-order valence-electron chi connectivity index (χ0n) is 9.05. The Kier molecular flexibility index (Phi) is 3.35. The smallest absolute Gasteiger partial charge is 0.181 e. The monoisotopic (exact) mass is 315 g/mol. The molecule has 0 unspecified atom stereocenters. The molecule has 0 aliphatic carbocycles. The van der Waals surface area contributed by atoms with Crippen molar-refractivity contribution in [3.8, 4) is 11.3 Å². The Morgan fingerprint density at radius 1 is 1.41 bits per heavy atom. The Hall–Kier alpha value is -1.14. The highest BCUT2D eigenvalue weighted by atomic mass is 79.9. The number of oxazole rings is 1. The van der Waals surface area contributed by atoms with Crippen LogP contribution in [0.4, 0.5) is 0 Å².